The van der Waals surface area contributed by atoms with E-state index in [-0.39, 0.29) is 18.4 Å². The zero-order chi connectivity index (χ0) is 20.2. The molecule has 1 unspecified atom stereocenters. The highest BCUT2D eigenvalue weighted by Crippen LogP contribution is 2.27. The number of carbonyl (C=O) groups excluding carboxylic acids is 2. The van der Waals surface area contributed by atoms with Crippen molar-refractivity contribution in [1.82, 2.24) is 25.4 Å². The van der Waals surface area contributed by atoms with Gasteiger partial charge < -0.3 is 5.32 Å². The quantitative estimate of drug-likeness (QED) is 0.613. The molecule has 0 radical (unpaired) electrons. The zero-order valence-electron chi connectivity index (χ0n) is 16.0. The molecule has 0 saturated carbocycles. The fourth-order valence-corrected chi connectivity index (χ4v) is 4.34. The zero-order valence-corrected chi connectivity index (χ0v) is 16.8. The number of para-hydroxylation sites is 1. The summed E-state index contributed by atoms with van der Waals surface area (Å²) in [5, 5.41) is 14.6. The van der Waals surface area contributed by atoms with Crippen molar-refractivity contribution in [1.29, 1.82) is 0 Å². The highest BCUT2D eigenvalue weighted by Gasteiger charge is 2.26. The first kappa shape index (κ1) is 19.2. The fraction of sp³-hybridized carbons (Fsp3) is 0.238. The largest absolute Gasteiger partial charge is 0.334 e. The van der Waals surface area contributed by atoms with Gasteiger partial charge in [0, 0.05) is 30.3 Å². The summed E-state index contributed by atoms with van der Waals surface area (Å²) in [5.41, 5.74) is 3.44. The van der Waals surface area contributed by atoms with Gasteiger partial charge in [-0.2, -0.15) is 0 Å². The van der Waals surface area contributed by atoms with Gasteiger partial charge in [0.05, 0.1) is 0 Å². The predicted octanol–water partition coefficient (Wildman–Crippen LogP) is 3.01. The van der Waals surface area contributed by atoms with E-state index in [1.54, 1.807) is 11.8 Å². The van der Waals surface area contributed by atoms with Gasteiger partial charge in [0.25, 0.3) is 0 Å². The van der Waals surface area contributed by atoms with Crippen LogP contribution in [-0.4, -0.2) is 32.7 Å². The molecule has 2 heterocycles. The first-order chi connectivity index (χ1) is 14.1. The van der Waals surface area contributed by atoms with Crippen LogP contribution in [0.25, 0.3) is 5.69 Å². The Hall–Kier alpha value is -3.13. The minimum absolute atomic E-state index is 0.221. The number of imide groups is 1. The molecule has 1 fully saturated rings. The Labute approximate surface area is 172 Å². The van der Waals surface area contributed by atoms with Crippen LogP contribution in [0.3, 0.4) is 0 Å². The van der Waals surface area contributed by atoms with Gasteiger partial charge in [-0.1, -0.05) is 54.2 Å². The number of hydrogen-bond acceptors (Lipinski definition) is 5. The third-order valence-corrected chi connectivity index (χ3v) is 5.76. The second-order valence-corrected chi connectivity index (χ2v) is 7.85. The Morgan fingerprint density at radius 2 is 1.83 bits per heavy atom. The summed E-state index contributed by atoms with van der Waals surface area (Å²) in [7, 11) is 0. The Balaban J connectivity index is 1.61. The number of hydrogen-bond donors (Lipinski definition) is 2. The van der Waals surface area contributed by atoms with E-state index in [1.165, 1.54) is 11.1 Å². The van der Waals surface area contributed by atoms with Crippen LogP contribution in [0.15, 0.2) is 59.8 Å². The predicted molar refractivity (Wildman–Crippen MR) is 111 cm³/mol. The van der Waals surface area contributed by atoms with Crippen LogP contribution in [0.5, 0.6) is 0 Å². The van der Waals surface area contributed by atoms with E-state index >= 15 is 0 Å². The number of nitrogens with one attached hydrogen (secondary N) is 2. The first-order valence-corrected chi connectivity index (χ1v) is 10.4. The molecule has 3 aromatic rings. The average molecular weight is 407 g/mol. The minimum atomic E-state index is -0.467. The van der Waals surface area contributed by atoms with Crippen molar-refractivity contribution < 1.29 is 9.59 Å². The van der Waals surface area contributed by atoms with Gasteiger partial charge in [0.1, 0.15) is 5.82 Å². The van der Waals surface area contributed by atoms with Crippen molar-refractivity contribution in [3.8, 4) is 5.69 Å². The molecule has 1 aliphatic rings. The van der Waals surface area contributed by atoms with Crippen molar-refractivity contribution >= 4 is 23.7 Å². The lowest BCUT2D eigenvalue weighted by Gasteiger charge is -2.23. The van der Waals surface area contributed by atoms with Gasteiger partial charge in [0.15, 0.2) is 5.16 Å². The molecular formula is C21H21N5O2S. The van der Waals surface area contributed by atoms with Gasteiger partial charge in [-0.25, -0.2) is 4.79 Å². The van der Waals surface area contributed by atoms with E-state index in [9.17, 15) is 9.59 Å². The molecule has 2 aromatic carbocycles. The third-order valence-electron chi connectivity index (χ3n) is 4.78. The van der Waals surface area contributed by atoms with Crippen LogP contribution in [-0.2, 0) is 17.0 Å². The topological polar surface area (TPSA) is 88.9 Å². The molecule has 2 N–H and O–H groups in total. The number of thioether (sulfide) groups is 1. The van der Waals surface area contributed by atoms with Crippen molar-refractivity contribution in [2.24, 2.45) is 0 Å². The Morgan fingerprint density at radius 1 is 1.07 bits per heavy atom. The lowest BCUT2D eigenvalue weighted by atomic mass is 10.1. The molecule has 1 aromatic heterocycles. The van der Waals surface area contributed by atoms with Crippen molar-refractivity contribution in [2.75, 3.05) is 0 Å². The van der Waals surface area contributed by atoms with E-state index in [2.05, 4.69) is 39.9 Å². The van der Waals surface area contributed by atoms with Crippen molar-refractivity contribution in [3.05, 3.63) is 71.5 Å². The molecule has 1 atom stereocenters. The SMILES string of the molecule is Cc1ccccc1CSc1nnc(CC2CC(=O)NC(=O)N2)n1-c1ccccc1. The van der Waals surface area contributed by atoms with E-state index in [0.29, 0.717) is 12.2 Å². The maximum Gasteiger partial charge on any atom is 0.321 e. The maximum absolute atomic E-state index is 11.7. The number of aromatic nitrogens is 3. The summed E-state index contributed by atoms with van der Waals surface area (Å²) in [6, 6.07) is 17.4. The highest BCUT2D eigenvalue weighted by molar-refractivity contribution is 7.98. The smallest absolute Gasteiger partial charge is 0.321 e. The van der Waals surface area contributed by atoms with Crippen molar-refractivity contribution in [3.63, 3.8) is 0 Å². The summed E-state index contributed by atoms with van der Waals surface area (Å²) in [4.78, 5) is 23.3. The van der Waals surface area contributed by atoms with Crippen LogP contribution in [0.1, 0.15) is 23.4 Å². The summed E-state index contributed by atoms with van der Waals surface area (Å²) in [5.74, 6) is 1.21. The van der Waals surface area contributed by atoms with Crippen LogP contribution >= 0.6 is 11.8 Å². The number of carbonyl (C=O) groups is 2. The summed E-state index contributed by atoms with van der Waals surface area (Å²) in [6.07, 6.45) is 0.644. The van der Waals surface area contributed by atoms with E-state index in [4.69, 9.17) is 0 Å². The standard InChI is InChI=1S/C21H21N5O2S/c1-14-7-5-6-8-15(14)13-29-21-25-24-18(26(21)17-9-3-2-4-10-17)11-16-12-19(27)23-20(28)22-16/h2-10,16H,11-13H2,1H3,(H2,22,23,27,28). The van der Waals surface area contributed by atoms with Gasteiger partial charge in [-0.3, -0.25) is 14.7 Å². The van der Waals surface area contributed by atoms with Crippen molar-refractivity contribution in [2.45, 2.75) is 36.7 Å². The monoisotopic (exact) mass is 407 g/mol. The molecule has 0 aliphatic carbocycles. The molecular weight excluding hydrogens is 386 g/mol. The molecule has 0 bridgehead atoms. The molecule has 8 heteroatoms. The minimum Gasteiger partial charge on any atom is -0.334 e. The molecule has 0 spiro atoms. The van der Waals surface area contributed by atoms with E-state index in [1.807, 2.05) is 47.0 Å². The second kappa shape index (κ2) is 8.48. The van der Waals surface area contributed by atoms with Crippen LogP contribution in [0.4, 0.5) is 4.79 Å². The Morgan fingerprint density at radius 3 is 2.59 bits per heavy atom. The molecule has 148 valence electrons. The number of amides is 3. The van der Waals surface area contributed by atoms with Crippen LogP contribution in [0.2, 0.25) is 0 Å². The molecule has 7 nitrogen and oxygen atoms in total. The van der Waals surface area contributed by atoms with Crippen LogP contribution in [0, 0.1) is 6.92 Å². The molecule has 3 amide bonds. The number of nitrogens with zero attached hydrogens (tertiary/aromatic N) is 3. The Kier molecular flexibility index (Phi) is 5.62. The lowest BCUT2D eigenvalue weighted by Crippen LogP contribution is -2.53. The Bertz CT molecular complexity index is 1020. The number of aryl methyl sites for hydroxylation is 1. The number of benzene rings is 2. The third kappa shape index (κ3) is 4.48. The summed E-state index contributed by atoms with van der Waals surface area (Å²) >= 11 is 1.62. The van der Waals surface area contributed by atoms with Crippen LogP contribution < -0.4 is 10.6 Å². The molecule has 4 rings (SSSR count). The first-order valence-electron chi connectivity index (χ1n) is 9.37. The van der Waals surface area contributed by atoms with E-state index in [0.717, 1.165) is 16.6 Å². The van der Waals surface area contributed by atoms with Gasteiger partial charge in [0.2, 0.25) is 5.91 Å². The second-order valence-electron chi connectivity index (χ2n) is 6.91. The summed E-state index contributed by atoms with van der Waals surface area (Å²) in [6.45, 7) is 2.10. The lowest BCUT2D eigenvalue weighted by molar-refractivity contribution is -0.121. The van der Waals surface area contributed by atoms with Gasteiger partial charge >= 0.3 is 6.03 Å². The van der Waals surface area contributed by atoms with E-state index < -0.39 is 6.03 Å². The van der Waals surface area contributed by atoms with Gasteiger partial charge in [-0.05, 0) is 30.2 Å². The summed E-state index contributed by atoms with van der Waals surface area (Å²) < 4.78 is 2.00. The normalized spacial score (nSPS) is 16.4. The number of rotatable bonds is 6. The molecule has 1 aliphatic heterocycles. The average Bonchev–Trinajstić information content (AvgIpc) is 3.09. The molecule has 1 saturated heterocycles. The maximum atomic E-state index is 11.7. The number of urea groups is 1. The molecule has 29 heavy (non-hydrogen) atoms. The van der Waals surface area contributed by atoms with Gasteiger partial charge in [-0.15, -0.1) is 10.2 Å². The fourth-order valence-electron chi connectivity index (χ4n) is 3.29. The highest BCUT2D eigenvalue weighted by atomic mass is 32.2.